The molecule has 0 saturated heterocycles. The van der Waals surface area contributed by atoms with Gasteiger partial charge in [-0.05, 0) is 24.3 Å². The second kappa shape index (κ2) is 7.50. The normalized spacial score (nSPS) is 12.9. The van der Waals surface area contributed by atoms with Gasteiger partial charge in [0.1, 0.15) is 6.54 Å². The third-order valence-electron chi connectivity index (χ3n) is 4.42. The molecule has 3 aromatic rings. The highest BCUT2D eigenvalue weighted by Gasteiger charge is 2.36. The molecule has 0 radical (unpaired) electrons. The molecule has 1 aromatic carbocycles. The van der Waals surface area contributed by atoms with E-state index in [1.54, 1.807) is 48.8 Å². The summed E-state index contributed by atoms with van der Waals surface area (Å²) in [6, 6.07) is 11.1. The van der Waals surface area contributed by atoms with E-state index < -0.39 is 17.7 Å². The van der Waals surface area contributed by atoms with Gasteiger partial charge in [0.15, 0.2) is 5.82 Å². The lowest BCUT2D eigenvalue weighted by molar-refractivity contribution is -0.121. The summed E-state index contributed by atoms with van der Waals surface area (Å²) in [5, 5.41) is 10.9. The Hall–Kier alpha value is -4.08. The Morgan fingerprint density at radius 1 is 0.966 bits per heavy atom. The van der Waals surface area contributed by atoms with Crippen molar-refractivity contribution in [3.05, 3.63) is 76.3 Å². The van der Waals surface area contributed by atoms with E-state index in [0.717, 1.165) is 4.90 Å². The second-order valence-electron chi connectivity index (χ2n) is 6.30. The second-order valence-corrected chi connectivity index (χ2v) is 6.30. The number of carbonyl (C=O) groups excluding carboxylic acids is 3. The molecule has 3 amide bonds. The monoisotopic (exact) mass is 392 g/mol. The van der Waals surface area contributed by atoms with Crippen molar-refractivity contribution in [3.63, 3.8) is 0 Å². The average Bonchev–Trinajstić information content (AvgIpc) is 3.34. The fourth-order valence-electron chi connectivity index (χ4n) is 3.01. The number of hydrogen-bond donors (Lipinski definition) is 1. The maximum atomic E-state index is 12.3. The Labute approximate surface area is 164 Å². The van der Waals surface area contributed by atoms with Crippen LogP contribution < -0.4 is 10.9 Å². The van der Waals surface area contributed by atoms with Crippen molar-refractivity contribution in [2.24, 2.45) is 0 Å². The summed E-state index contributed by atoms with van der Waals surface area (Å²) in [6.45, 7) is -0.152. The zero-order valence-corrected chi connectivity index (χ0v) is 15.2. The maximum absolute atomic E-state index is 12.3. The minimum atomic E-state index is -0.504. The lowest BCUT2D eigenvalue weighted by Crippen LogP contribution is -2.41. The van der Waals surface area contributed by atoms with E-state index in [9.17, 15) is 19.2 Å². The van der Waals surface area contributed by atoms with E-state index in [2.05, 4.69) is 15.5 Å². The van der Waals surface area contributed by atoms with Crippen molar-refractivity contribution in [2.45, 2.75) is 6.54 Å². The quantitative estimate of drug-likeness (QED) is 0.583. The molecule has 1 aliphatic heterocycles. The molecule has 10 heteroatoms. The van der Waals surface area contributed by atoms with Crippen LogP contribution in [0.4, 0.5) is 0 Å². The van der Waals surface area contributed by atoms with E-state index in [-0.39, 0.29) is 36.3 Å². The molecule has 3 heterocycles. The first kappa shape index (κ1) is 18.3. The molecular weight excluding hydrogens is 376 g/mol. The van der Waals surface area contributed by atoms with E-state index in [1.165, 1.54) is 15.4 Å². The van der Waals surface area contributed by atoms with Gasteiger partial charge in [-0.1, -0.05) is 12.1 Å². The van der Waals surface area contributed by atoms with E-state index in [0.29, 0.717) is 5.82 Å². The number of nitrogens with zero attached hydrogens (tertiary/aromatic N) is 5. The molecule has 10 nitrogen and oxygen atoms in total. The van der Waals surface area contributed by atoms with Crippen LogP contribution in [0.2, 0.25) is 0 Å². The van der Waals surface area contributed by atoms with Crippen LogP contribution in [0.1, 0.15) is 20.7 Å². The predicted octanol–water partition coefficient (Wildman–Crippen LogP) is -0.159. The van der Waals surface area contributed by atoms with Gasteiger partial charge >= 0.3 is 0 Å². The van der Waals surface area contributed by atoms with Gasteiger partial charge in [0.2, 0.25) is 5.91 Å². The zero-order valence-electron chi connectivity index (χ0n) is 15.2. The van der Waals surface area contributed by atoms with Crippen molar-refractivity contribution in [1.29, 1.82) is 0 Å². The fourth-order valence-corrected chi connectivity index (χ4v) is 3.01. The molecule has 0 aliphatic carbocycles. The Morgan fingerprint density at radius 2 is 1.69 bits per heavy atom. The summed E-state index contributed by atoms with van der Waals surface area (Å²) in [6.07, 6.45) is 3.29. The molecule has 0 bridgehead atoms. The van der Waals surface area contributed by atoms with Gasteiger partial charge < -0.3 is 5.32 Å². The van der Waals surface area contributed by atoms with Gasteiger partial charge in [-0.3, -0.25) is 24.1 Å². The average molecular weight is 392 g/mol. The minimum Gasteiger partial charge on any atom is -0.353 e. The Morgan fingerprint density at radius 3 is 2.34 bits per heavy atom. The van der Waals surface area contributed by atoms with Gasteiger partial charge in [0.05, 0.1) is 17.7 Å². The number of rotatable bonds is 6. The Bertz CT molecular complexity index is 1120. The van der Waals surface area contributed by atoms with Crippen LogP contribution in [0.5, 0.6) is 0 Å². The zero-order chi connectivity index (χ0) is 20.4. The smallest absolute Gasteiger partial charge is 0.266 e. The summed E-state index contributed by atoms with van der Waals surface area (Å²) in [5.41, 5.74) is 0.253. The summed E-state index contributed by atoms with van der Waals surface area (Å²) in [5.74, 6) is -1.03. The summed E-state index contributed by atoms with van der Waals surface area (Å²) in [4.78, 5) is 49.7. The molecule has 0 spiro atoms. The van der Waals surface area contributed by atoms with E-state index in [1.807, 2.05) is 0 Å². The standard InChI is InChI=1S/C19H16N6O4/c26-16(12-23-18(28)13-4-1-2-5-14(13)19(23)29)20-9-11-25-17(27)7-6-15(22-25)24-10-3-8-21-24/h1-8,10H,9,11-12H2,(H,20,26). The first-order valence-corrected chi connectivity index (χ1v) is 8.85. The molecule has 4 rings (SSSR count). The highest BCUT2D eigenvalue weighted by molar-refractivity contribution is 6.22. The van der Waals surface area contributed by atoms with Crippen molar-refractivity contribution in [1.82, 2.24) is 29.8 Å². The molecule has 0 saturated carbocycles. The minimum absolute atomic E-state index is 0.109. The summed E-state index contributed by atoms with van der Waals surface area (Å²) < 4.78 is 2.72. The fraction of sp³-hybridized carbons (Fsp3) is 0.158. The van der Waals surface area contributed by atoms with Crippen LogP contribution >= 0.6 is 0 Å². The van der Waals surface area contributed by atoms with Crippen molar-refractivity contribution in [2.75, 3.05) is 13.1 Å². The number of fused-ring (bicyclic) bond motifs is 1. The number of carbonyl (C=O) groups is 3. The van der Waals surface area contributed by atoms with Crippen LogP contribution in [0, 0.1) is 0 Å². The van der Waals surface area contributed by atoms with Gasteiger partial charge in [-0.25, -0.2) is 9.36 Å². The van der Waals surface area contributed by atoms with Gasteiger partial charge in [0.25, 0.3) is 17.4 Å². The molecule has 0 fully saturated rings. The number of amides is 3. The van der Waals surface area contributed by atoms with Crippen LogP contribution in [-0.2, 0) is 11.3 Å². The number of imide groups is 1. The van der Waals surface area contributed by atoms with Crippen LogP contribution in [-0.4, -0.2) is 55.3 Å². The Kier molecular flexibility index (Phi) is 4.73. The number of nitrogens with one attached hydrogen (secondary N) is 1. The molecular formula is C19H16N6O4. The molecule has 2 aromatic heterocycles. The van der Waals surface area contributed by atoms with Gasteiger partial charge in [-0.15, -0.1) is 5.10 Å². The van der Waals surface area contributed by atoms with Crippen LogP contribution in [0.3, 0.4) is 0 Å². The molecule has 1 aliphatic rings. The topological polar surface area (TPSA) is 119 Å². The predicted molar refractivity (Wildman–Crippen MR) is 100 cm³/mol. The third kappa shape index (κ3) is 3.55. The molecule has 0 atom stereocenters. The number of hydrogen-bond acceptors (Lipinski definition) is 6. The third-order valence-corrected chi connectivity index (χ3v) is 4.42. The van der Waals surface area contributed by atoms with Crippen LogP contribution in [0.25, 0.3) is 5.82 Å². The van der Waals surface area contributed by atoms with Crippen molar-refractivity contribution >= 4 is 17.7 Å². The molecule has 29 heavy (non-hydrogen) atoms. The molecule has 0 unspecified atom stereocenters. The highest BCUT2D eigenvalue weighted by Crippen LogP contribution is 2.21. The largest absolute Gasteiger partial charge is 0.353 e. The lowest BCUT2D eigenvalue weighted by atomic mass is 10.1. The highest BCUT2D eigenvalue weighted by atomic mass is 16.2. The SMILES string of the molecule is O=C(CN1C(=O)c2ccccc2C1=O)NCCn1nc(-n2cccn2)ccc1=O. The van der Waals surface area contributed by atoms with Crippen molar-refractivity contribution in [3.8, 4) is 5.82 Å². The van der Waals surface area contributed by atoms with Gasteiger partial charge in [-0.2, -0.15) is 5.10 Å². The van der Waals surface area contributed by atoms with Gasteiger partial charge in [0, 0.05) is 25.0 Å². The molecule has 146 valence electrons. The first-order valence-electron chi connectivity index (χ1n) is 8.85. The van der Waals surface area contributed by atoms with Crippen molar-refractivity contribution < 1.29 is 14.4 Å². The lowest BCUT2D eigenvalue weighted by Gasteiger charge is -2.14. The first-order chi connectivity index (χ1) is 14.0. The summed E-state index contributed by atoms with van der Waals surface area (Å²) >= 11 is 0. The molecule has 1 N–H and O–H groups in total. The van der Waals surface area contributed by atoms with Crippen LogP contribution in [0.15, 0.2) is 59.7 Å². The number of aromatic nitrogens is 4. The van der Waals surface area contributed by atoms with E-state index in [4.69, 9.17) is 0 Å². The maximum Gasteiger partial charge on any atom is 0.266 e. The Balaban J connectivity index is 1.36. The number of benzene rings is 1. The van der Waals surface area contributed by atoms with E-state index >= 15 is 0 Å². The summed E-state index contributed by atoms with van der Waals surface area (Å²) in [7, 11) is 0.